The zero-order valence-electron chi connectivity index (χ0n) is 33.0. The molecule has 0 aromatic heterocycles. The van der Waals surface area contributed by atoms with E-state index in [1.165, 1.54) is 30.2 Å². The number of halogens is 1. The number of carbonyl (C=O) groups excluding carboxylic acids is 6. The van der Waals surface area contributed by atoms with E-state index in [9.17, 15) is 28.8 Å². The van der Waals surface area contributed by atoms with E-state index in [4.69, 9.17) is 9.47 Å². The fraction of sp³-hybridized carbons (Fsp3) is 0.289. The molecule has 0 bridgehead atoms. The third-order valence-corrected chi connectivity index (χ3v) is 10.8. The van der Waals surface area contributed by atoms with Crippen molar-refractivity contribution < 1.29 is 42.6 Å². The quantitative estimate of drug-likeness (QED) is 0.114. The van der Waals surface area contributed by atoms with Crippen LogP contribution in [0.3, 0.4) is 0 Å². The summed E-state index contributed by atoms with van der Waals surface area (Å²) in [5.41, 5.74) is 6.36. The van der Waals surface area contributed by atoms with E-state index < -0.39 is 30.0 Å². The molecule has 310 valence electrons. The normalized spacial score (nSPS) is 15.9. The Balaban J connectivity index is 0.789. The van der Waals surface area contributed by atoms with Crippen molar-refractivity contribution in [3.8, 4) is 11.1 Å². The summed E-state index contributed by atoms with van der Waals surface area (Å²) in [6.45, 7) is 3.57. The lowest BCUT2D eigenvalue weighted by Gasteiger charge is -2.36. The number of cyclic esters (lactones) is 1. The first kappa shape index (κ1) is 41.1. The molecular weight excluding hydrogens is 772 g/mol. The summed E-state index contributed by atoms with van der Waals surface area (Å²) in [4.78, 5) is 79.1. The van der Waals surface area contributed by atoms with Gasteiger partial charge in [0.1, 0.15) is 18.5 Å². The van der Waals surface area contributed by atoms with Crippen molar-refractivity contribution in [2.24, 2.45) is 0 Å². The summed E-state index contributed by atoms with van der Waals surface area (Å²) >= 11 is 0. The zero-order chi connectivity index (χ0) is 42.2. The van der Waals surface area contributed by atoms with Crippen molar-refractivity contribution in [2.45, 2.75) is 38.3 Å². The van der Waals surface area contributed by atoms with Gasteiger partial charge in [-0.1, -0.05) is 72.8 Å². The lowest BCUT2D eigenvalue weighted by molar-refractivity contribution is -0.131. The van der Waals surface area contributed by atoms with Crippen LogP contribution in [0.4, 0.5) is 25.4 Å². The van der Waals surface area contributed by atoms with Crippen molar-refractivity contribution in [3.63, 3.8) is 0 Å². The number of rotatable bonds is 14. The molecule has 1 aliphatic carbocycles. The van der Waals surface area contributed by atoms with Crippen molar-refractivity contribution >= 4 is 47.1 Å². The summed E-state index contributed by atoms with van der Waals surface area (Å²) in [6, 6.07) is 27.4. The SMILES string of the molecule is CC(=O)NC[C@H]1CN(c2ccc(N3CCN(C(=O)CCC(=O)c4ccc(CNC(=O)C=CNC(=O)OCC5c6ccccc6-c6ccccc65)cc4)CC3)c(F)c2)C(=O)O1. The molecule has 0 radical (unpaired) electrons. The van der Waals surface area contributed by atoms with Gasteiger partial charge in [-0.15, -0.1) is 0 Å². The number of benzene rings is 4. The molecule has 15 heteroatoms. The minimum absolute atomic E-state index is 0.0251. The van der Waals surface area contributed by atoms with Gasteiger partial charge in [-0.2, -0.15) is 0 Å². The molecule has 14 nitrogen and oxygen atoms in total. The molecule has 2 fully saturated rings. The summed E-state index contributed by atoms with van der Waals surface area (Å²) in [6.07, 6.45) is 0.643. The number of hydrogen-bond acceptors (Lipinski definition) is 9. The number of ether oxygens (including phenoxy) is 2. The Kier molecular flexibility index (Phi) is 12.8. The molecule has 3 N–H and O–H groups in total. The minimum atomic E-state index is -0.674. The van der Waals surface area contributed by atoms with Crippen molar-refractivity contribution in [1.82, 2.24) is 20.9 Å². The number of anilines is 2. The molecule has 4 aromatic rings. The third-order valence-electron chi connectivity index (χ3n) is 10.8. The molecular formula is C45H45FN6O8. The second-order valence-electron chi connectivity index (χ2n) is 14.7. The monoisotopic (exact) mass is 816 g/mol. The van der Waals surface area contributed by atoms with Crippen molar-refractivity contribution in [1.29, 1.82) is 0 Å². The first-order chi connectivity index (χ1) is 29.0. The van der Waals surface area contributed by atoms with Gasteiger partial charge in [-0.3, -0.25) is 29.4 Å². The van der Waals surface area contributed by atoms with Crippen LogP contribution in [0.1, 0.15) is 52.7 Å². The number of hydrogen-bond donors (Lipinski definition) is 3. The van der Waals surface area contributed by atoms with Gasteiger partial charge in [0.25, 0.3) is 0 Å². The lowest BCUT2D eigenvalue weighted by atomic mass is 9.98. The molecule has 0 unspecified atom stereocenters. The maximum Gasteiger partial charge on any atom is 0.414 e. The van der Waals surface area contributed by atoms with Crippen LogP contribution in [0.15, 0.2) is 103 Å². The van der Waals surface area contributed by atoms with Gasteiger partial charge < -0.3 is 29.9 Å². The fourth-order valence-corrected chi connectivity index (χ4v) is 7.62. The number of carbonyl (C=O) groups is 6. The zero-order valence-corrected chi connectivity index (χ0v) is 33.0. The molecule has 5 amide bonds. The minimum Gasteiger partial charge on any atom is -0.448 e. The molecule has 3 aliphatic rings. The molecule has 2 heterocycles. The first-order valence-corrected chi connectivity index (χ1v) is 19.8. The van der Waals surface area contributed by atoms with Gasteiger partial charge in [0.2, 0.25) is 17.7 Å². The van der Waals surface area contributed by atoms with Gasteiger partial charge in [-0.25, -0.2) is 14.0 Å². The van der Waals surface area contributed by atoms with Crippen molar-refractivity contribution in [2.75, 3.05) is 55.7 Å². The van der Waals surface area contributed by atoms with Crippen LogP contribution in [0.2, 0.25) is 0 Å². The molecule has 60 heavy (non-hydrogen) atoms. The number of nitrogens with zero attached hydrogens (tertiary/aromatic N) is 3. The molecule has 4 aromatic carbocycles. The maximum atomic E-state index is 15.3. The largest absolute Gasteiger partial charge is 0.448 e. The Morgan fingerprint density at radius 2 is 1.53 bits per heavy atom. The molecule has 2 aliphatic heterocycles. The third kappa shape index (κ3) is 9.80. The highest BCUT2D eigenvalue weighted by atomic mass is 19.1. The number of nitrogens with one attached hydrogen (secondary N) is 3. The Morgan fingerprint density at radius 3 is 2.20 bits per heavy atom. The summed E-state index contributed by atoms with van der Waals surface area (Å²) in [7, 11) is 0. The van der Waals surface area contributed by atoms with Crippen LogP contribution in [-0.2, 0) is 30.4 Å². The number of alkyl carbamates (subject to hydrolysis) is 1. The Hall–Kier alpha value is -7.03. The smallest absolute Gasteiger partial charge is 0.414 e. The topological polar surface area (TPSA) is 167 Å². The average Bonchev–Trinajstić information content (AvgIpc) is 3.80. The number of fused-ring (bicyclic) bond motifs is 3. The first-order valence-electron chi connectivity index (χ1n) is 19.8. The van der Waals surface area contributed by atoms with E-state index >= 15 is 4.39 Å². The van der Waals surface area contributed by atoms with Crippen LogP contribution in [0.5, 0.6) is 0 Å². The molecule has 0 saturated carbocycles. The van der Waals surface area contributed by atoms with Gasteiger partial charge >= 0.3 is 12.2 Å². The van der Waals surface area contributed by atoms with E-state index in [1.807, 2.05) is 41.3 Å². The van der Waals surface area contributed by atoms with E-state index in [2.05, 4.69) is 28.1 Å². The van der Waals surface area contributed by atoms with Crippen LogP contribution >= 0.6 is 0 Å². The van der Waals surface area contributed by atoms with Gasteiger partial charge in [0.15, 0.2) is 5.78 Å². The predicted molar refractivity (Wildman–Crippen MR) is 221 cm³/mol. The second kappa shape index (κ2) is 18.7. The highest BCUT2D eigenvalue weighted by Crippen LogP contribution is 2.44. The van der Waals surface area contributed by atoms with Gasteiger partial charge in [0, 0.05) is 76.2 Å². The highest BCUT2D eigenvalue weighted by molar-refractivity contribution is 5.98. The van der Waals surface area contributed by atoms with Crippen LogP contribution in [-0.4, -0.2) is 92.6 Å². The Morgan fingerprint density at radius 1 is 0.850 bits per heavy atom. The van der Waals surface area contributed by atoms with Crippen LogP contribution in [0.25, 0.3) is 11.1 Å². The Bertz CT molecular complexity index is 2260. The molecule has 2 saturated heterocycles. The summed E-state index contributed by atoms with van der Waals surface area (Å²) in [5, 5.41) is 7.81. The number of ketones is 1. The van der Waals surface area contributed by atoms with Gasteiger partial charge in [-0.05, 0) is 46.0 Å². The van der Waals surface area contributed by atoms with Crippen LogP contribution in [0, 0.1) is 5.82 Å². The predicted octanol–water partition coefficient (Wildman–Crippen LogP) is 5.27. The molecule has 7 rings (SSSR count). The van der Waals surface area contributed by atoms with Gasteiger partial charge in [0.05, 0.1) is 24.5 Å². The summed E-state index contributed by atoms with van der Waals surface area (Å²) in [5.74, 6) is -1.62. The van der Waals surface area contributed by atoms with E-state index in [0.29, 0.717) is 43.1 Å². The average molecular weight is 817 g/mol. The van der Waals surface area contributed by atoms with E-state index in [-0.39, 0.29) is 62.6 Å². The standard InChI is InChI=1S/C45H45FN6O8/c1-29(53)48-26-33-27-52(45(58)60-33)32-14-15-40(39(46)24-32)50-20-22-51(23-21-50)43(56)17-16-41(54)31-12-10-30(11-13-31)25-49-42(55)18-19-47-44(57)59-28-38-36-8-4-2-6-34(36)35-7-3-5-9-37(35)38/h2-15,18-19,24,33,38H,16-17,20-23,25-28H2,1H3,(H,47,57)(H,48,53)(H,49,55)/t33-/m0/s1. The highest BCUT2D eigenvalue weighted by Gasteiger charge is 2.33. The molecule has 1 atom stereocenters. The fourth-order valence-electron chi connectivity index (χ4n) is 7.62. The second-order valence-corrected chi connectivity index (χ2v) is 14.7. The molecule has 0 spiro atoms. The summed E-state index contributed by atoms with van der Waals surface area (Å²) < 4.78 is 26.0. The van der Waals surface area contributed by atoms with E-state index in [1.54, 1.807) is 41.3 Å². The maximum absolute atomic E-state index is 15.3. The van der Waals surface area contributed by atoms with Crippen LogP contribution < -0.4 is 25.8 Å². The van der Waals surface area contributed by atoms with Crippen molar-refractivity contribution in [3.05, 3.63) is 131 Å². The van der Waals surface area contributed by atoms with E-state index in [0.717, 1.165) is 27.8 Å². The number of piperazine rings is 1. The Labute approximate surface area is 346 Å². The lowest BCUT2D eigenvalue weighted by Crippen LogP contribution is -2.49. The number of amides is 5. The number of Topliss-reactive ketones (excluding diaryl/α,β-unsaturated/α-hetero) is 1.